The smallest absolute Gasteiger partial charge is 0.269 e. The van der Waals surface area contributed by atoms with E-state index in [0.717, 1.165) is 26.9 Å². The Bertz CT molecular complexity index is 1380. The number of carbonyl (C=O) groups is 1. The lowest BCUT2D eigenvalue weighted by Gasteiger charge is -2.17. The van der Waals surface area contributed by atoms with Crippen molar-refractivity contribution in [2.75, 3.05) is 24.3 Å². The van der Waals surface area contributed by atoms with Crippen LogP contribution >= 0.6 is 23.5 Å². The molecule has 0 aromatic heterocycles. The molecule has 0 bridgehead atoms. The molecule has 1 N–H and O–H groups in total. The van der Waals surface area contributed by atoms with Gasteiger partial charge in [-0.3, -0.25) is 9.69 Å². The number of thioether (sulfide) groups is 2. The highest BCUT2D eigenvalue weighted by atomic mass is 32.2. The van der Waals surface area contributed by atoms with Gasteiger partial charge in [-0.15, -0.1) is 0 Å². The first-order valence-corrected chi connectivity index (χ1v) is 12.3. The van der Waals surface area contributed by atoms with Crippen LogP contribution in [0.2, 0.25) is 0 Å². The van der Waals surface area contributed by atoms with Gasteiger partial charge in [0, 0.05) is 19.0 Å². The minimum absolute atomic E-state index is 0.0675. The van der Waals surface area contributed by atoms with Crippen molar-refractivity contribution in [3.8, 4) is 6.07 Å². The van der Waals surface area contributed by atoms with Gasteiger partial charge in [0.2, 0.25) is 0 Å². The van der Waals surface area contributed by atoms with E-state index in [1.807, 2.05) is 61.6 Å². The average molecular weight is 484 g/mol. The van der Waals surface area contributed by atoms with Gasteiger partial charge in [0.05, 0.1) is 34.2 Å². The molecule has 1 amide bonds. The third-order valence-electron chi connectivity index (χ3n) is 5.60. The Balaban J connectivity index is 1.56. The fourth-order valence-corrected chi connectivity index (χ4v) is 6.19. The third kappa shape index (κ3) is 4.04. The second kappa shape index (κ2) is 9.29. The molecule has 0 atom stereocenters. The molecule has 2 aliphatic heterocycles. The number of amides is 1. The van der Waals surface area contributed by atoms with Crippen molar-refractivity contribution in [1.82, 2.24) is 4.90 Å². The lowest BCUT2D eigenvalue weighted by molar-refractivity contribution is -0.122. The number of benzene rings is 3. The predicted octanol–water partition coefficient (Wildman–Crippen LogP) is 5.77. The van der Waals surface area contributed by atoms with E-state index < -0.39 is 0 Å². The van der Waals surface area contributed by atoms with Gasteiger partial charge in [-0.2, -0.15) is 5.26 Å². The molecule has 0 radical (unpaired) electrons. The average Bonchev–Trinajstić information content (AvgIpc) is 3.36. The number of nitrogens with zero attached hydrogens (tertiary/aromatic N) is 4. The highest BCUT2D eigenvalue weighted by Crippen LogP contribution is 2.50. The second-order valence-corrected chi connectivity index (χ2v) is 9.74. The number of nitrogens with one attached hydrogen (secondary N) is 1. The van der Waals surface area contributed by atoms with Crippen LogP contribution in [0.4, 0.5) is 17.1 Å². The van der Waals surface area contributed by atoms with Crippen LogP contribution in [0.25, 0.3) is 0 Å². The first-order valence-electron chi connectivity index (χ1n) is 10.7. The molecule has 3 aromatic carbocycles. The lowest BCUT2D eigenvalue weighted by Crippen LogP contribution is -2.29. The number of anilines is 2. The molecule has 2 heterocycles. The summed E-state index contributed by atoms with van der Waals surface area (Å²) in [4.78, 5) is 24.1. The van der Waals surface area contributed by atoms with E-state index in [4.69, 9.17) is 4.99 Å². The highest BCUT2D eigenvalue weighted by molar-refractivity contribution is 8.19. The monoisotopic (exact) mass is 483 g/mol. The molecule has 1 saturated heterocycles. The summed E-state index contributed by atoms with van der Waals surface area (Å²) in [6.45, 7) is 0.420. The molecule has 0 aliphatic carbocycles. The number of hydrogen-bond donors (Lipinski definition) is 1. The minimum Gasteiger partial charge on any atom is -0.387 e. The predicted molar refractivity (Wildman–Crippen MR) is 140 cm³/mol. The minimum atomic E-state index is -0.0675. The van der Waals surface area contributed by atoms with Gasteiger partial charge in [0.1, 0.15) is 11.0 Å². The lowest BCUT2D eigenvalue weighted by atomic mass is 10.2. The van der Waals surface area contributed by atoms with Gasteiger partial charge < -0.3 is 10.2 Å². The van der Waals surface area contributed by atoms with Crippen LogP contribution in [0.15, 0.2) is 92.6 Å². The highest BCUT2D eigenvalue weighted by Gasteiger charge is 2.39. The van der Waals surface area contributed by atoms with E-state index in [-0.39, 0.29) is 5.91 Å². The first kappa shape index (κ1) is 22.1. The molecule has 0 spiro atoms. The van der Waals surface area contributed by atoms with Crippen LogP contribution in [0.5, 0.6) is 0 Å². The molecule has 34 heavy (non-hydrogen) atoms. The normalized spacial score (nSPS) is 18.4. The maximum atomic E-state index is 13.7. The van der Waals surface area contributed by atoms with E-state index in [9.17, 15) is 10.1 Å². The number of hydrogen-bond acceptors (Lipinski definition) is 7. The number of nitriles is 1. The standard InChI is InChI=1S/C26H21N5OS2/c1-28-20-13-12-19(14-18(20)15-27)29-26-31(16-17-8-4-3-5-9-17)24(32)23(34-26)25-30(2)21-10-6-7-11-22(21)33-25/h3-14,28H,16H2,1-2H3/b25-23+,29-26?. The zero-order valence-corrected chi connectivity index (χ0v) is 20.3. The van der Waals surface area contributed by atoms with Crippen LogP contribution in [-0.2, 0) is 11.3 Å². The summed E-state index contributed by atoms with van der Waals surface area (Å²) >= 11 is 2.98. The van der Waals surface area contributed by atoms with Crippen LogP contribution in [0.1, 0.15) is 11.1 Å². The number of amidine groups is 1. The SMILES string of the molecule is CNc1ccc(N=C2S/C(=C3/Sc4ccccc4N3C)C(=O)N2Cc2ccccc2)cc1C#N. The molecule has 2 aliphatic rings. The Morgan fingerprint density at radius 1 is 1.03 bits per heavy atom. The fourth-order valence-electron chi connectivity index (χ4n) is 3.85. The van der Waals surface area contributed by atoms with E-state index in [2.05, 4.69) is 28.4 Å². The second-order valence-electron chi connectivity index (χ2n) is 7.73. The maximum Gasteiger partial charge on any atom is 0.269 e. The summed E-state index contributed by atoms with van der Waals surface area (Å²) in [7, 11) is 3.77. The molecule has 5 rings (SSSR count). The first-order chi connectivity index (χ1) is 16.6. The van der Waals surface area contributed by atoms with Gasteiger partial charge in [0.15, 0.2) is 5.17 Å². The Kier molecular flexibility index (Phi) is 6.05. The summed E-state index contributed by atoms with van der Waals surface area (Å²) < 4.78 is 0. The van der Waals surface area contributed by atoms with Crippen molar-refractivity contribution >= 4 is 51.7 Å². The fraction of sp³-hybridized carbons (Fsp3) is 0.115. The van der Waals surface area contributed by atoms with Gasteiger partial charge in [-0.1, -0.05) is 54.2 Å². The van der Waals surface area contributed by atoms with Crippen molar-refractivity contribution in [1.29, 1.82) is 5.26 Å². The van der Waals surface area contributed by atoms with Gasteiger partial charge in [-0.25, -0.2) is 4.99 Å². The molecule has 3 aromatic rings. The molecule has 0 unspecified atom stereocenters. The Hall–Kier alpha value is -3.67. The Morgan fingerprint density at radius 2 is 1.79 bits per heavy atom. The van der Waals surface area contributed by atoms with Crippen molar-refractivity contribution in [3.05, 3.63) is 93.9 Å². The molecule has 1 fully saturated rings. The molecule has 168 valence electrons. The van der Waals surface area contributed by atoms with E-state index in [1.165, 1.54) is 11.8 Å². The quantitative estimate of drug-likeness (QED) is 0.475. The van der Waals surface area contributed by atoms with Crippen molar-refractivity contribution in [2.24, 2.45) is 4.99 Å². The van der Waals surface area contributed by atoms with Gasteiger partial charge in [-0.05, 0) is 47.7 Å². The molecular formula is C26H21N5OS2. The largest absolute Gasteiger partial charge is 0.387 e. The van der Waals surface area contributed by atoms with E-state index >= 15 is 0 Å². The topological polar surface area (TPSA) is 71.7 Å². The number of rotatable bonds is 4. The summed E-state index contributed by atoms with van der Waals surface area (Å²) in [5.74, 6) is -0.0675. The van der Waals surface area contributed by atoms with Crippen molar-refractivity contribution in [2.45, 2.75) is 11.4 Å². The Labute approximate surface area is 207 Å². The summed E-state index contributed by atoms with van der Waals surface area (Å²) in [5, 5.41) is 14.0. The Morgan fingerprint density at radius 3 is 2.53 bits per heavy atom. The molecule has 0 saturated carbocycles. The maximum absolute atomic E-state index is 13.7. The summed E-state index contributed by atoms with van der Waals surface area (Å²) in [6, 6.07) is 25.7. The summed E-state index contributed by atoms with van der Waals surface area (Å²) in [5.41, 5.74) is 3.99. The molecule has 6 nitrogen and oxygen atoms in total. The van der Waals surface area contributed by atoms with Gasteiger partial charge >= 0.3 is 0 Å². The summed E-state index contributed by atoms with van der Waals surface area (Å²) in [6.07, 6.45) is 0. The van der Waals surface area contributed by atoms with E-state index in [1.54, 1.807) is 29.8 Å². The molecular weight excluding hydrogens is 462 g/mol. The van der Waals surface area contributed by atoms with Crippen LogP contribution in [0.3, 0.4) is 0 Å². The van der Waals surface area contributed by atoms with Crippen molar-refractivity contribution in [3.63, 3.8) is 0 Å². The van der Waals surface area contributed by atoms with Gasteiger partial charge in [0.25, 0.3) is 5.91 Å². The van der Waals surface area contributed by atoms with Crippen molar-refractivity contribution < 1.29 is 4.79 Å². The van der Waals surface area contributed by atoms with Crippen LogP contribution in [0, 0.1) is 11.3 Å². The number of aliphatic imine (C=N–C) groups is 1. The van der Waals surface area contributed by atoms with E-state index in [0.29, 0.717) is 27.9 Å². The number of para-hydroxylation sites is 1. The van der Waals surface area contributed by atoms with Crippen LogP contribution < -0.4 is 10.2 Å². The zero-order valence-electron chi connectivity index (χ0n) is 18.6. The molecule has 8 heteroatoms. The third-order valence-corrected chi connectivity index (χ3v) is 8.03. The number of fused-ring (bicyclic) bond motifs is 1. The zero-order chi connectivity index (χ0) is 23.7. The number of carbonyl (C=O) groups excluding carboxylic acids is 1. The van der Waals surface area contributed by atoms with Crippen LogP contribution in [-0.4, -0.2) is 30.1 Å².